The fourth-order valence-electron chi connectivity index (χ4n) is 3.36. The molecule has 0 aliphatic heterocycles. The van der Waals surface area contributed by atoms with Gasteiger partial charge in [-0.05, 0) is 61.9 Å². The first-order valence-corrected chi connectivity index (χ1v) is 11.2. The second-order valence-electron chi connectivity index (χ2n) is 8.02. The van der Waals surface area contributed by atoms with Gasteiger partial charge in [-0.3, -0.25) is 9.79 Å². The van der Waals surface area contributed by atoms with Crippen LogP contribution in [0.5, 0.6) is 11.5 Å². The SMILES string of the molecule is CN=C(NCCc1ccc(OCC(=O)NC2CC2)cc1)NCCc1cc(C)ccc1OC. The van der Waals surface area contributed by atoms with Crippen molar-refractivity contribution in [2.24, 2.45) is 4.99 Å². The van der Waals surface area contributed by atoms with Gasteiger partial charge in [-0.25, -0.2) is 0 Å². The largest absolute Gasteiger partial charge is 0.496 e. The molecule has 0 unspecified atom stereocenters. The van der Waals surface area contributed by atoms with E-state index in [2.05, 4.69) is 40.0 Å². The molecule has 3 rings (SSSR count). The Balaban J connectivity index is 1.35. The highest BCUT2D eigenvalue weighted by molar-refractivity contribution is 5.79. The van der Waals surface area contributed by atoms with Crippen molar-refractivity contribution in [3.05, 3.63) is 59.2 Å². The van der Waals surface area contributed by atoms with Crippen molar-refractivity contribution in [1.82, 2.24) is 16.0 Å². The lowest BCUT2D eigenvalue weighted by Gasteiger charge is -2.14. The van der Waals surface area contributed by atoms with E-state index in [4.69, 9.17) is 9.47 Å². The Kier molecular flexibility index (Phi) is 8.78. The van der Waals surface area contributed by atoms with Crippen LogP contribution in [0.2, 0.25) is 0 Å². The number of carbonyl (C=O) groups is 1. The van der Waals surface area contributed by atoms with E-state index in [1.54, 1.807) is 14.2 Å². The summed E-state index contributed by atoms with van der Waals surface area (Å²) in [7, 11) is 3.47. The number of aliphatic imine (C=N–C) groups is 1. The Labute approximate surface area is 190 Å². The lowest BCUT2D eigenvalue weighted by atomic mass is 10.1. The molecule has 0 bridgehead atoms. The summed E-state index contributed by atoms with van der Waals surface area (Å²) in [6.07, 6.45) is 3.87. The van der Waals surface area contributed by atoms with Crippen molar-refractivity contribution in [2.45, 2.75) is 38.6 Å². The molecule has 1 saturated carbocycles. The van der Waals surface area contributed by atoms with Crippen LogP contribution in [0.4, 0.5) is 0 Å². The third-order valence-electron chi connectivity index (χ3n) is 5.29. The number of aryl methyl sites for hydroxylation is 1. The van der Waals surface area contributed by atoms with Crippen LogP contribution in [-0.2, 0) is 17.6 Å². The number of nitrogens with zero attached hydrogens (tertiary/aromatic N) is 1. The number of nitrogens with one attached hydrogen (secondary N) is 3. The van der Waals surface area contributed by atoms with E-state index >= 15 is 0 Å². The van der Waals surface area contributed by atoms with Crippen LogP contribution in [-0.4, -0.2) is 51.8 Å². The van der Waals surface area contributed by atoms with Gasteiger partial charge >= 0.3 is 0 Å². The highest BCUT2D eigenvalue weighted by Gasteiger charge is 2.23. The second-order valence-corrected chi connectivity index (χ2v) is 8.02. The number of hydrogen-bond donors (Lipinski definition) is 3. The zero-order valence-electron chi connectivity index (χ0n) is 19.2. The summed E-state index contributed by atoms with van der Waals surface area (Å²) in [4.78, 5) is 16.0. The summed E-state index contributed by atoms with van der Waals surface area (Å²) in [5.41, 5.74) is 3.59. The van der Waals surface area contributed by atoms with Crippen molar-refractivity contribution in [3.63, 3.8) is 0 Å². The van der Waals surface area contributed by atoms with E-state index in [0.717, 1.165) is 50.5 Å². The molecule has 2 aromatic carbocycles. The molecule has 0 atom stereocenters. The highest BCUT2D eigenvalue weighted by atomic mass is 16.5. The fourth-order valence-corrected chi connectivity index (χ4v) is 3.36. The molecule has 1 fully saturated rings. The quantitative estimate of drug-likeness (QED) is 0.371. The summed E-state index contributed by atoms with van der Waals surface area (Å²) >= 11 is 0. The van der Waals surface area contributed by atoms with E-state index in [1.807, 2.05) is 30.3 Å². The molecule has 172 valence electrons. The van der Waals surface area contributed by atoms with Gasteiger partial charge in [-0.1, -0.05) is 29.8 Å². The maximum Gasteiger partial charge on any atom is 0.258 e. The van der Waals surface area contributed by atoms with Gasteiger partial charge in [0, 0.05) is 26.2 Å². The first kappa shape index (κ1) is 23.4. The molecule has 1 aliphatic carbocycles. The van der Waals surface area contributed by atoms with Crippen molar-refractivity contribution in [3.8, 4) is 11.5 Å². The molecule has 0 saturated heterocycles. The van der Waals surface area contributed by atoms with Crippen LogP contribution >= 0.6 is 0 Å². The smallest absolute Gasteiger partial charge is 0.258 e. The normalized spacial score (nSPS) is 13.4. The summed E-state index contributed by atoms with van der Waals surface area (Å²) in [6.45, 7) is 3.67. The number of amides is 1. The lowest BCUT2D eigenvalue weighted by Crippen LogP contribution is -2.39. The maximum absolute atomic E-state index is 11.7. The number of guanidine groups is 1. The summed E-state index contributed by atoms with van der Waals surface area (Å²) in [6, 6.07) is 14.4. The van der Waals surface area contributed by atoms with Gasteiger partial charge < -0.3 is 25.4 Å². The van der Waals surface area contributed by atoms with Crippen LogP contribution in [0.3, 0.4) is 0 Å². The van der Waals surface area contributed by atoms with Gasteiger partial charge in [0.2, 0.25) is 0 Å². The summed E-state index contributed by atoms with van der Waals surface area (Å²) < 4.78 is 11.0. The summed E-state index contributed by atoms with van der Waals surface area (Å²) in [5.74, 6) is 2.34. The van der Waals surface area contributed by atoms with Crippen LogP contribution in [0.25, 0.3) is 0 Å². The van der Waals surface area contributed by atoms with Gasteiger partial charge in [0.15, 0.2) is 12.6 Å². The van der Waals surface area contributed by atoms with Crippen LogP contribution in [0.15, 0.2) is 47.5 Å². The van der Waals surface area contributed by atoms with Gasteiger partial charge in [0.1, 0.15) is 11.5 Å². The third kappa shape index (κ3) is 7.80. The average Bonchev–Trinajstić information content (AvgIpc) is 3.61. The molecule has 0 radical (unpaired) electrons. The molecule has 32 heavy (non-hydrogen) atoms. The molecule has 7 nitrogen and oxygen atoms in total. The average molecular weight is 439 g/mol. The Morgan fingerprint density at radius 3 is 2.44 bits per heavy atom. The fraction of sp³-hybridized carbons (Fsp3) is 0.440. The Morgan fingerprint density at radius 1 is 1.06 bits per heavy atom. The minimum Gasteiger partial charge on any atom is -0.496 e. The minimum absolute atomic E-state index is 0.0551. The molecule has 0 spiro atoms. The molecular weight excluding hydrogens is 404 g/mol. The molecule has 7 heteroatoms. The Bertz CT molecular complexity index is 908. The summed E-state index contributed by atoms with van der Waals surface area (Å²) in [5, 5.41) is 9.62. The van der Waals surface area contributed by atoms with Crippen LogP contribution < -0.4 is 25.4 Å². The van der Waals surface area contributed by atoms with Gasteiger partial charge in [0.05, 0.1) is 7.11 Å². The molecule has 1 amide bonds. The third-order valence-corrected chi connectivity index (χ3v) is 5.29. The topological polar surface area (TPSA) is 84.0 Å². The number of benzene rings is 2. The monoisotopic (exact) mass is 438 g/mol. The lowest BCUT2D eigenvalue weighted by molar-refractivity contribution is -0.123. The predicted molar refractivity (Wildman–Crippen MR) is 128 cm³/mol. The number of carbonyl (C=O) groups excluding carboxylic acids is 1. The molecule has 0 aromatic heterocycles. The zero-order valence-corrected chi connectivity index (χ0v) is 19.2. The number of hydrogen-bond acceptors (Lipinski definition) is 4. The van der Waals surface area contributed by atoms with Crippen molar-refractivity contribution in [2.75, 3.05) is 33.9 Å². The number of methoxy groups -OCH3 is 1. The van der Waals surface area contributed by atoms with Gasteiger partial charge in [-0.2, -0.15) is 0 Å². The maximum atomic E-state index is 11.7. The highest BCUT2D eigenvalue weighted by Crippen LogP contribution is 2.20. The van der Waals surface area contributed by atoms with E-state index in [0.29, 0.717) is 11.8 Å². The first-order chi connectivity index (χ1) is 15.6. The van der Waals surface area contributed by atoms with Crippen LogP contribution in [0.1, 0.15) is 29.5 Å². The van der Waals surface area contributed by atoms with E-state index < -0.39 is 0 Å². The Hall–Kier alpha value is -3.22. The van der Waals surface area contributed by atoms with E-state index in [1.165, 1.54) is 16.7 Å². The van der Waals surface area contributed by atoms with Crippen molar-refractivity contribution < 1.29 is 14.3 Å². The second kappa shape index (κ2) is 12.0. The van der Waals surface area contributed by atoms with Gasteiger partial charge in [0.25, 0.3) is 5.91 Å². The van der Waals surface area contributed by atoms with Crippen molar-refractivity contribution in [1.29, 1.82) is 0 Å². The standard InChI is InChI=1S/C25H34N4O3/c1-18-4-11-23(31-3)20(16-18)13-15-28-25(26-2)27-14-12-19-5-9-22(10-6-19)32-17-24(30)29-21-7-8-21/h4-6,9-11,16,21H,7-8,12-15,17H2,1-3H3,(H,29,30)(H2,26,27,28). The molecular formula is C25H34N4O3. The van der Waals surface area contributed by atoms with Crippen molar-refractivity contribution >= 4 is 11.9 Å². The molecule has 2 aromatic rings. The first-order valence-electron chi connectivity index (χ1n) is 11.2. The predicted octanol–water partition coefficient (Wildman–Crippen LogP) is 2.61. The minimum atomic E-state index is -0.0551. The Morgan fingerprint density at radius 2 is 1.78 bits per heavy atom. The zero-order chi connectivity index (χ0) is 22.8. The van der Waals surface area contributed by atoms with Gasteiger partial charge in [-0.15, -0.1) is 0 Å². The molecule has 0 heterocycles. The molecule has 3 N–H and O–H groups in total. The number of ether oxygens (including phenoxy) is 2. The molecule has 1 aliphatic rings. The van der Waals surface area contributed by atoms with E-state index in [9.17, 15) is 4.79 Å². The van der Waals surface area contributed by atoms with E-state index in [-0.39, 0.29) is 12.5 Å². The number of rotatable bonds is 11. The van der Waals surface area contributed by atoms with Crippen LogP contribution in [0, 0.1) is 6.92 Å².